The highest BCUT2D eigenvalue weighted by Gasteiger charge is 2.18. The number of benzene rings is 3. The number of pyridine rings is 1. The molecule has 10 heteroatoms. The van der Waals surface area contributed by atoms with Gasteiger partial charge in [-0.05, 0) is 79.4 Å². The van der Waals surface area contributed by atoms with Crippen molar-refractivity contribution in [2.24, 2.45) is 0 Å². The first-order chi connectivity index (χ1) is 19.5. The second-order valence-electron chi connectivity index (χ2n) is 9.99. The standard InChI is InChI=1S/C31H26ClF2N3O4/c1-31(2,3)41-30(38)36-17-20-5-4-6-22(11-20)23-12-21(16-35)13-25(14-23)40-29-27(34)15-26(33)28(37-29)39-18-19-7-9-24(32)10-8-19/h4-15H,17-18H2,1-3H3,(H,36,38). The molecule has 0 bridgehead atoms. The molecule has 41 heavy (non-hydrogen) atoms. The molecule has 4 rings (SSSR count). The van der Waals surface area contributed by atoms with Gasteiger partial charge in [0, 0.05) is 17.6 Å². The van der Waals surface area contributed by atoms with Crippen molar-refractivity contribution in [1.82, 2.24) is 10.3 Å². The SMILES string of the molecule is CC(C)(C)OC(=O)NCc1cccc(-c2cc(C#N)cc(Oc3nc(OCc4ccc(Cl)cc4)c(F)cc3F)c2)c1. The van der Waals surface area contributed by atoms with E-state index in [1.54, 1.807) is 63.2 Å². The molecule has 1 heterocycles. The molecule has 1 aromatic heterocycles. The van der Waals surface area contributed by atoms with Gasteiger partial charge in [0.25, 0.3) is 11.8 Å². The average molecular weight is 578 g/mol. The molecule has 0 saturated carbocycles. The molecule has 0 unspecified atom stereocenters. The highest BCUT2D eigenvalue weighted by molar-refractivity contribution is 6.30. The maximum Gasteiger partial charge on any atom is 0.407 e. The number of nitrogens with one attached hydrogen (secondary N) is 1. The van der Waals surface area contributed by atoms with E-state index in [2.05, 4.69) is 16.4 Å². The third-order valence-corrected chi connectivity index (χ3v) is 5.75. The predicted octanol–water partition coefficient (Wildman–Crippen LogP) is 7.95. The Kier molecular flexibility index (Phi) is 9.05. The van der Waals surface area contributed by atoms with Crippen molar-refractivity contribution in [1.29, 1.82) is 5.26 Å². The zero-order valence-electron chi connectivity index (χ0n) is 22.5. The molecule has 0 radical (unpaired) electrons. The first kappa shape index (κ1) is 29.3. The maximum absolute atomic E-state index is 14.6. The van der Waals surface area contributed by atoms with Crippen LogP contribution >= 0.6 is 11.6 Å². The van der Waals surface area contributed by atoms with Crippen molar-refractivity contribution >= 4 is 17.7 Å². The molecule has 7 nitrogen and oxygen atoms in total. The fourth-order valence-electron chi connectivity index (χ4n) is 3.69. The fourth-order valence-corrected chi connectivity index (χ4v) is 3.81. The summed E-state index contributed by atoms with van der Waals surface area (Å²) in [5.41, 5.74) is 2.43. The molecule has 0 aliphatic rings. The lowest BCUT2D eigenvalue weighted by molar-refractivity contribution is 0.0523. The molecule has 1 N–H and O–H groups in total. The second kappa shape index (κ2) is 12.7. The van der Waals surface area contributed by atoms with E-state index in [1.807, 2.05) is 18.2 Å². The number of ether oxygens (including phenoxy) is 3. The number of nitriles is 1. The van der Waals surface area contributed by atoms with Gasteiger partial charge < -0.3 is 19.5 Å². The Morgan fingerprint density at radius 1 is 0.951 bits per heavy atom. The van der Waals surface area contributed by atoms with Crippen LogP contribution < -0.4 is 14.8 Å². The van der Waals surface area contributed by atoms with Crippen LogP contribution in [0, 0.1) is 23.0 Å². The number of nitrogens with zero attached hydrogens (tertiary/aromatic N) is 2. The topological polar surface area (TPSA) is 93.5 Å². The molecule has 0 aliphatic heterocycles. The maximum atomic E-state index is 14.6. The van der Waals surface area contributed by atoms with Gasteiger partial charge in [0.05, 0.1) is 11.6 Å². The molecule has 3 aromatic carbocycles. The Hall–Kier alpha value is -4.68. The molecular weight excluding hydrogens is 552 g/mol. The van der Waals surface area contributed by atoms with Gasteiger partial charge in [0.15, 0.2) is 11.6 Å². The van der Waals surface area contributed by atoms with Crippen LogP contribution in [0.15, 0.2) is 72.8 Å². The molecule has 4 aromatic rings. The minimum Gasteiger partial charge on any atom is -0.471 e. The summed E-state index contributed by atoms with van der Waals surface area (Å²) < 4.78 is 45.4. The molecule has 0 saturated heterocycles. The number of hydrogen-bond acceptors (Lipinski definition) is 6. The lowest BCUT2D eigenvalue weighted by atomic mass is 10.0. The number of carbonyl (C=O) groups is 1. The van der Waals surface area contributed by atoms with Crippen molar-refractivity contribution in [3.63, 3.8) is 0 Å². The molecule has 1 amide bonds. The van der Waals surface area contributed by atoms with Crippen molar-refractivity contribution in [3.05, 3.63) is 106 Å². The van der Waals surface area contributed by atoms with Crippen molar-refractivity contribution in [2.75, 3.05) is 0 Å². The van der Waals surface area contributed by atoms with Crippen LogP contribution in [0.2, 0.25) is 5.02 Å². The van der Waals surface area contributed by atoms with Crippen molar-refractivity contribution in [2.45, 2.75) is 39.5 Å². The Morgan fingerprint density at radius 3 is 2.39 bits per heavy atom. The molecule has 210 valence electrons. The summed E-state index contributed by atoms with van der Waals surface area (Å²) in [4.78, 5) is 15.9. The molecule has 0 aliphatic carbocycles. The third-order valence-electron chi connectivity index (χ3n) is 5.50. The first-order valence-corrected chi connectivity index (χ1v) is 12.9. The molecule has 0 spiro atoms. The number of alkyl carbamates (subject to hydrolysis) is 1. The van der Waals surface area contributed by atoms with E-state index in [4.69, 9.17) is 25.8 Å². The Balaban J connectivity index is 1.54. The van der Waals surface area contributed by atoms with E-state index in [0.29, 0.717) is 22.2 Å². The Morgan fingerprint density at radius 2 is 1.68 bits per heavy atom. The van der Waals surface area contributed by atoms with Gasteiger partial charge in [-0.25, -0.2) is 13.6 Å². The number of hydrogen-bond donors (Lipinski definition) is 1. The summed E-state index contributed by atoms with van der Waals surface area (Å²) in [5, 5.41) is 12.8. The van der Waals surface area contributed by atoms with Crippen LogP contribution in [0.1, 0.15) is 37.5 Å². The third kappa shape index (κ3) is 8.40. The monoisotopic (exact) mass is 577 g/mol. The Bertz CT molecular complexity index is 1600. The van der Waals surface area contributed by atoms with Gasteiger partial charge in [0.2, 0.25) is 0 Å². The minimum absolute atomic E-state index is 0.0284. The van der Waals surface area contributed by atoms with Gasteiger partial charge in [-0.3, -0.25) is 0 Å². The summed E-state index contributed by atoms with van der Waals surface area (Å²) in [6.45, 7) is 5.51. The highest BCUT2D eigenvalue weighted by atomic mass is 35.5. The minimum atomic E-state index is -1.04. The number of aromatic nitrogens is 1. The summed E-state index contributed by atoms with van der Waals surface area (Å²) in [6.07, 6.45) is -0.546. The van der Waals surface area contributed by atoms with E-state index in [0.717, 1.165) is 11.1 Å². The zero-order chi connectivity index (χ0) is 29.6. The van der Waals surface area contributed by atoms with Crippen LogP contribution in [-0.4, -0.2) is 16.7 Å². The van der Waals surface area contributed by atoms with Crippen molar-refractivity contribution in [3.8, 4) is 34.7 Å². The number of rotatable bonds is 8. The first-order valence-electron chi connectivity index (χ1n) is 12.5. The van der Waals surface area contributed by atoms with Gasteiger partial charge in [-0.15, -0.1) is 0 Å². The lowest BCUT2D eigenvalue weighted by Crippen LogP contribution is -2.32. The molecular formula is C31H26ClF2N3O4. The molecule has 0 fully saturated rings. The second-order valence-corrected chi connectivity index (χ2v) is 10.4. The quantitative estimate of drug-likeness (QED) is 0.228. The smallest absolute Gasteiger partial charge is 0.407 e. The van der Waals surface area contributed by atoms with Crippen LogP contribution in [-0.2, 0) is 17.9 Å². The van der Waals surface area contributed by atoms with E-state index < -0.39 is 35.1 Å². The van der Waals surface area contributed by atoms with Crippen LogP contribution in [0.3, 0.4) is 0 Å². The van der Waals surface area contributed by atoms with Crippen LogP contribution in [0.25, 0.3) is 11.1 Å². The molecule has 0 atom stereocenters. The van der Waals surface area contributed by atoms with Crippen LogP contribution in [0.5, 0.6) is 17.5 Å². The summed E-state index contributed by atoms with van der Waals surface area (Å²) in [7, 11) is 0. The summed E-state index contributed by atoms with van der Waals surface area (Å²) >= 11 is 5.88. The average Bonchev–Trinajstić information content (AvgIpc) is 2.92. The Labute approximate surface area is 241 Å². The zero-order valence-corrected chi connectivity index (χ0v) is 23.3. The lowest BCUT2D eigenvalue weighted by Gasteiger charge is -2.19. The van der Waals surface area contributed by atoms with E-state index in [-0.39, 0.29) is 24.5 Å². The van der Waals surface area contributed by atoms with E-state index >= 15 is 0 Å². The van der Waals surface area contributed by atoms with Gasteiger partial charge in [-0.1, -0.05) is 41.9 Å². The van der Waals surface area contributed by atoms with E-state index in [9.17, 15) is 18.8 Å². The van der Waals surface area contributed by atoms with Gasteiger partial charge in [-0.2, -0.15) is 10.2 Å². The van der Waals surface area contributed by atoms with Gasteiger partial charge >= 0.3 is 6.09 Å². The normalized spacial score (nSPS) is 11.0. The van der Waals surface area contributed by atoms with Gasteiger partial charge in [0.1, 0.15) is 18.0 Å². The number of carbonyl (C=O) groups excluding carboxylic acids is 1. The summed E-state index contributed by atoms with van der Waals surface area (Å²) in [6, 6.07) is 21.3. The highest BCUT2D eigenvalue weighted by Crippen LogP contribution is 2.32. The van der Waals surface area contributed by atoms with Crippen LogP contribution in [0.4, 0.5) is 13.6 Å². The predicted molar refractivity (Wildman–Crippen MR) is 150 cm³/mol. The number of halogens is 3. The largest absolute Gasteiger partial charge is 0.471 e. The summed E-state index contributed by atoms with van der Waals surface area (Å²) in [5.74, 6) is -2.89. The number of amides is 1. The fraction of sp³-hybridized carbons (Fsp3) is 0.194. The van der Waals surface area contributed by atoms with Crippen molar-refractivity contribution < 1.29 is 27.8 Å². The van der Waals surface area contributed by atoms with E-state index in [1.165, 1.54) is 6.07 Å².